The summed E-state index contributed by atoms with van der Waals surface area (Å²) in [6.07, 6.45) is 4.39. The number of carbonyl (C=O) groups excluding carboxylic acids is 1. The van der Waals surface area contributed by atoms with Gasteiger partial charge in [0.1, 0.15) is 5.76 Å². The fraction of sp³-hybridized carbons (Fsp3) is 0.400. The fourth-order valence-corrected chi connectivity index (χ4v) is 4.46. The summed E-state index contributed by atoms with van der Waals surface area (Å²) in [6.45, 7) is 4.38. The van der Waals surface area contributed by atoms with Crippen molar-refractivity contribution in [3.8, 4) is 0 Å². The number of hydrogen-bond donors (Lipinski definition) is 1. The number of aromatic nitrogens is 1. The number of hydrogen-bond acceptors (Lipinski definition) is 5. The highest BCUT2D eigenvalue weighted by Gasteiger charge is 2.26. The maximum atomic E-state index is 12.4. The number of furan rings is 1. The topological polar surface area (TPSA) is 58.4 Å². The highest BCUT2D eigenvalue weighted by Crippen LogP contribution is 2.32. The average Bonchev–Trinajstić information content (AvgIpc) is 3.35. The lowest BCUT2D eigenvalue weighted by molar-refractivity contribution is -0.125. The van der Waals surface area contributed by atoms with E-state index in [1.54, 1.807) is 17.6 Å². The van der Waals surface area contributed by atoms with Crippen LogP contribution in [0.1, 0.15) is 31.1 Å². The number of nitrogens with zero attached hydrogens (tertiary/aromatic N) is 2. The molecule has 26 heavy (non-hydrogen) atoms. The zero-order valence-electron chi connectivity index (χ0n) is 14.9. The first-order valence-electron chi connectivity index (χ1n) is 9.17. The molecule has 3 aromatic rings. The van der Waals surface area contributed by atoms with Crippen molar-refractivity contribution in [3.05, 3.63) is 47.9 Å². The molecule has 0 spiro atoms. The number of nitrogens with one attached hydrogen (secondary N) is 1. The number of rotatable bonds is 5. The maximum absolute atomic E-state index is 12.4. The van der Waals surface area contributed by atoms with Crippen molar-refractivity contribution in [2.75, 3.05) is 18.0 Å². The van der Waals surface area contributed by atoms with Gasteiger partial charge in [-0.1, -0.05) is 24.3 Å². The van der Waals surface area contributed by atoms with Crippen LogP contribution in [-0.4, -0.2) is 24.0 Å². The van der Waals surface area contributed by atoms with E-state index in [1.165, 1.54) is 10.3 Å². The molecule has 1 fully saturated rings. The van der Waals surface area contributed by atoms with E-state index in [1.807, 2.05) is 12.1 Å². The Morgan fingerprint density at radius 2 is 2.19 bits per heavy atom. The van der Waals surface area contributed by atoms with E-state index in [2.05, 4.69) is 35.3 Å². The van der Waals surface area contributed by atoms with Gasteiger partial charge in [0.25, 0.3) is 0 Å². The van der Waals surface area contributed by atoms with Crippen LogP contribution in [0.3, 0.4) is 0 Å². The standard InChI is InChI=1S/C20H23N3O2S/c1-2-14-5-6-17-18(12-14)26-20(22-17)23-9-7-15(8-10-23)19(24)21-13-16-4-3-11-25-16/h3-6,11-12,15H,2,7-10,13H2,1H3,(H,21,24). The number of anilines is 1. The fourth-order valence-electron chi connectivity index (χ4n) is 3.38. The van der Waals surface area contributed by atoms with Crippen LogP contribution in [0.15, 0.2) is 41.0 Å². The minimum atomic E-state index is 0.0716. The Morgan fingerprint density at radius 1 is 1.35 bits per heavy atom. The number of thiazole rings is 1. The van der Waals surface area contributed by atoms with Gasteiger partial charge in [-0.3, -0.25) is 4.79 Å². The van der Waals surface area contributed by atoms with Gasteiger partial charge in [-0.15, -0.1) is 0 Å². The molecule has 1 saturated heterocycles. The molecule has 3 heterocycles. The normalized spacial score (nSPS) is 15.5. The summed E-state index contributed by atoms with van der Waals surface area (Å²) in [5, 5.41) is 4.05. The van der Waals surface area contributed by atoms with Gasteiger partial charge < -0.3 is 14.6 Å². The quantitative estimate of drug-likeness (QED) is 0.739. The molecule has 1 aliphatic rings. The van der Waals surface area contributed by atoms with Crippen molar-refractivity contribution in [1.29, 1.82) is 0 Å². The molecule has 0 atom stereocenters. The van der Waals surface area contributed by atoms with Gasteiger partial charge in [-0.25, -0.2) is 4.98 Å². The lowest BCUT2D eigenvalue weighted by Gasteiger charge is -2.30. The molecule has 6 heteroatoms. The smallest absolute Gasteiger partial charge is 0.223 e. The van der Waals surface area contributed by atoms with Gasteiger partial charge >= 0.3 is 0 Å². The van der Waals surface area contributed by atoms with Crippen LogP contribution in [0.5, 0.6) is 0 Å². The van der Waals surface area contributed by atoms with Crippen molar-refractivity contribution in [3.63, 3.8) is 0 Å². The van der Waals surface area contributed by atoms with E-state index in [-0.39, 0.29) is 11.8 Å². The van der Waals surface area contributed by atoms with E-state index in [0.717, 1.165) is 48.8 Å². The Labute approximate surface area is 157 Å². The summed E-state index contributed by atoms with van der Waals surface area (Å²) in [4.78, 5) is 19.5. The van der Waals surface area contributed by atoms with E-state index in [0.29, 0.717) is 6.54 Å². The monoisotopic (exact) mass is 369 g/mol. The Morgan fingerprint density at radius 3 is 2.92 bits per heavy atom. The predicted molar refractivity (Wildman–Crippen MR) is 104 cm³/mol. The van der Waals surface area contributed by atoms with Gasteiger partial charge in [-0.05, 0) is 49.1 Å². The minimum Gasteiger partial charge on any atom is -0.467 e. The molecular weight excluding hydrogens is 346 g/mol. The summed E-state index contributed by atoms with van der Waals surface area (Å²) in [7, 11) is 0. The van der Waals surface area contributed by atoms with Gasteiger partial charge in [0.05, 0.1) is 23.0 Å². The lowest BCUT2D eigenvalue weighted by Crippen LogP contribution is -2.40. The zero-order valence-corrected chi connectivity index (χ0v) is 15.7. The maximum Gasteiger partial charge on any atom is 0.223 e. The van der Waals surface area contributed by atoms with Gasteiger partial charge in [0, 0.05) is 19.0 Å². The van der Waals surface area contributed by atoms with E-state index < -0.39 is 0 Å². The van der Waals surface area contributed by atoms with Crippen molar-refractivity contribution < 1.29 is 9.21 Å². The SMILES string of the molecule is CCc1ccc2nc(N3CCC(C(=O)NCc4ccco4)CC3)sc2c1. The Balaban J connectivity index is 1.35. The van der Waals surface area contributed by atoms with Crippen LogP contribution in [-0.2, 0) is 17.8 Å². The van der Waals surface area contributed by atoms with Gasteiger partial charge in [-0.2, -0.15) is 0 Å². The first-order chi connectivity index (χ1) is 12.7. The zero-order chi connectivity index (χ0) is 17.9. The van der Waals surface area contributed by atoms with Crippen molar-refractivity contribution in [1.82, 2.24) is 10.3 Å². The predicted octanol–water partition coefficient (Wildman–Crippen LogP) is 3.98. The third-order valence-electron chi connectivity index (χ3n) is 5.00. The van der Waals surface area contributed by atoms with Crippen molar-refractivity contribution in [2.45, 2.75) is 32.7 Å². The lowest BCUT2D eigenvalue weighted by atomic mass is 9.96. The van der Waals surface area contributed by atoms with Crippen molar-refractivity contribution in [2.24, 2.45) is 5.92 Å². The second-order valence-corrected chi connectivity index (χ2v) is 7.72. The molecule has 0 unspecified atom stereocenters. The van der Waals surface area contributed by atoms with Crippen LogP contribution in [0.25, 0.3) is 10.2 Å². The molecule has 1 N–H and O–H groups in total. The number of aryl methyl sites for hydroxylation is 1. The molecule has 2 aromatic heterocycles. The second-order valence-electron chi connectivity index (χ2n) is 6.71. The van der Waals surface area contributed by atoms with E-state index in [4.69, 9.17) is 9.40 Å². The summed E-state index contributed by atoms with van der Waals surface area (Å²) < 4.78 is 6.51. The number of piperidine rings is 1. The number of carbonyl (C=O) groups is 1. The highest BCUT2D eigenvalue weighted by molar-refractivity contribution is 7.22. The molecule has 5 nitrogen and oxygen atoms in total. The molecule has 1 aromatic carbocycles. The van der Waals surface area contributed by atoms with Crippen LogP contribution in [0, 0.1) is 5.92 Å². The third kappa shape index (κ3) is 3.60. The molecule has 0 radical (unpaired) electrons. The van der Waals surface area contributed by atoms with Crippen LogP contribution in [0.2, 0.25) is 0 Å². The Kier molecular flexibility index (Phi) is 4.93. The van der Waals surface area contributed by atoms with E-state index >= 15 is 0 Å². The summed E-state index contributed by atoms with van der Waals surface area (Å²) in [6, 6.07) is 10.2. The summed E-state index contributed by atoms with van der Waals surface area (Å²) in [5.74, 6) is 0.983. The molecule has 136 valence electrons. The number of amides is 1. The summed E-state index contributed by atoms with van der Waals surface area (Å²) in [5.41, 5.74) is 2.42. The second kappa shape index (κ2) is 7.50. The molecule has 0 aliphatic carbocycles. The largest absolute Gasteiger partial charge is 0.467 e. The van der Waals surface area contributed by atoms with Crippen LogP contribution >= 0.6 is 11.3 Å². The molecule has 4 rings (SSSR count). The third-order valence-corrected chi connectivity index (χ3v) is 6.08. The Bertz CT molecular complexity index is 880. The molecule has 0 bridgehead atoms. The average molecular weight is 369 g/mol. The Hall–Kier alpha value is -2.34. The first kappa shape index (κ1) is 17.1. The number of fused-ring (bicyclic) bond motifs is 1. The molecule has 1 aliphatic heterocycles. The first-order valence-corrected chi connectivity index (χ1v) is 9.99. The number of benzene rings is 1. The highest BCUT2D eigenvalue weighted by atomic mass is 32.1. The van der Waals surface area contributed by atoms with Crippen LogP contribution in [0.4, 0.5) is 5.13 Å². The van der Waals surface area contributed by atoms with Crippen LogP contribution < -0.4 is 10.2 Å². The van der Waals surface area contributed by atoms with Gasteiger partial charge in [0.15, 0.2) is 5.13 Å². The molecule has 1 amide bonds. The molecule has 0 saturated carbocycles. The minimum absolute atomic E-state index is 0.0716. The molecular formula is C20H23N3O2S. The van der Waals surface area contributed by atoms with Gasteiger partial charge in [0.2, 0.25) is 5.91 Å². The van der Waals surface area contributed by atoms with E-state index in [9.17, 15) is 4.79 Å². The summed E-state index contributed by atoms with van der Waals surface area (Å²) >= 11 is 1.75. The van der Waals surface area contributed by atoms with Crippen molar-refractivity contribution >= 4 is 32.6 Å².